The van der Waals surface area contributed by atoms with Crippen LogP contribution in [0.15, 0.2) is 0 Å². The molecule has 0 saturated heterocycles. The van der Waals surface area contributed by atoms with Gasteiger partial charge in [-0.3, -0.25) is 5.10 Å². The van der Waals surface area contributed by atoms with Gasteiger partial charge in [0.15, 0.2) is 0 Å². The Labute approximate surface area is 91.4 Å². The van der Waals surface area contributed by atoms with Crippen LogP contribution in [0.4, 0.5) is 0 Å². The smallest absolute Gasteiger partial charge is 0.0700 e. The molecule has 3 N–H and O–H groups in total. The highest BCUT2D eigenvalue weighted by Gasteiger charge is 2.25. The quantitative estimate of drug-likeness (QED) is 0.796. The highest BCUT2D eigenvalue weighted by molar-refractivity contribution is 5.29. The van der Waals surface area contributed by atoms with Crippen LogP contribution in [-0.4, -0.2) is 10.2 Å². The van der Waals surface area contributed by atoms with Gasteiger partial charge >= 0.3 is 0 Å². The average molecular weight is 207 g/mol. The second-order valence-electron chi connectivity index (χ2n) is 5.00. The van der Waals surface area contributed by atoms with Gasteiger partial charge in [0.1, 0.15) is 0 Å². The number of aromatic amines is 1. The fraction of sp³-hybridized carbons (Fsp3) is 0.750. The number of nitrogens with two attached hydrogens (primary N) is 1. The van der Waals surface area contributed by atoms with Crippen molar-refractivity contribution in [1.82, 2.24) is 10.2 Å². The van der Waals surface area contributed by atoms with Crippen molar-refractivity contribution in [3.63, 3.8) is 0 Å². The molecule has 0 spiro atoms. The standard InChI is InChI=1S/C12H21N3/c1-8(2)6-11-10(7-13)12(15-14-11)9-4-3-5-9/h8-9H,3-7,13H2,1-2H3,(H,14,15). The van der Waals surface area contributed by atoms with Crippen molar-refractivity contribution >= 4 is 0 Å². The van der Waals surface area contributed by atoms with Gasteiger partial charge in [-0.15, -0.1) is 0 Å². The Hall–Kier alpha value is -0.830. The van der Waals surface area contributed by atoms with Crippen molar-refractivity contribution in [3.8, 4) is 0 Å². The lowest BCUT2D eigenvalue weighted by Crippen LogP contribution is -2.13. The van der Waals surface area contributed by atoms with Crippen LogP contribution in [0.25, 0.3) is 0 Å². The molecule has 0 amide bonds. The van der Waals surface area contributed by atoms with Gasteiger partial charge in [0.2, 0.25) is 0 Å². The molecule has 0 atom stereocenters. The number of hydrogen-bond donors (Lipinski definition) is 2. The lowest BCUT2D eigenvalue weighted by molar-refractivity contribution is 0.408. The van der Waals surface area contributed by atoms with Crippen molar-refractivity contribution in [2.75, 3.05) is 0 Å². The van der Waals surface area contributed by atoms with Crippen LogP contribution in [0.5, 0.6) is 0 Å². The van der Waals surface area contributed by atoms with E-state index in [0.29, 0.717) is 18.4 Å². The number of rotatable bonds is 4. The Bertz CT molecular complexity index is 324. The fourth-order valence-electron chi connectivity index (χ4n) is 2.24. The number of H-pyrrole nitrogens is 1. The van der Waals surface area contributed by atoms with E-state index in [9.17, 15) is 0 Å². The van der Waals surface area contributed by atoms with E-state index in [1.807, 2.05) is 0 Å². The number of nitrogens with one attached hydrogen (secondary N) is 1. The summed E-state index contributed by atoms with van der Waals surface area (Å²) < 4.78 is 0. The number of nitrogens with zero attached hydrogens (tertiary/aromatic N) is 1. The van der Waals surface area contributed by atoms with E-state index < -0.39 is 0 Å². The molecule has 3 nitrogen and oxygen atoms in total. The van der Waals surface area contributed by atoms with E-state index in [1.165, 1.54) is 36.2 Å². The second-order valence-corrected chi connectivity index (χ2v) is 5.00. The molecule has 0 aliphatic heterocycles. The highest BCUT2D eigenvalue weighted by atomic mass is 15.1. The Morgan fingerprint density at radius 3 is 2.67 bits per heavy atom. The zero-order valence-corrected chi connectivity index (χ0v) is 9.71. The molecule has 84 valence electrons. The summed E-state index contributed by atoms with van der Waals surface area (Å²) in [6.45, 7) is 5.08. The first-order valence-corrected chi connectivity index (χ1v) is 5.98. The Kier molecular flexibility index (Phi) is 3.10. The molecule has 0 unspecified atom stereocenters. The van der Waals surface area contributed by atoms with E-state index in [0.717, 1.165) is 6.42 Å². The molecule has 2 rings (SSSR count). The van der Waals surface area contributed by atoms with E-state index >= 15 is 0 Å². The van der Waals surface area contributed by atoms with Crippen LogP contribution in [0.3, 0.4) is 0 Å². The van der Waals surface area contributed by atoms with Gasteiger partial charge in [-0.1, -0.05) is 20.3 Å². The molecule has 1 aromatic heterocycles. The molecule has 1 aromatic rings. The van der Waals surface area contributed by atoms with Gasteiger partial charge in [-0.05, 0) is 25.2 Å². The third-order valence-electron chi connectivity index (χ3n) is 3.29. The van der Waals surface area contributed by atoms with Crippen molar-refractivity contribution in [2.24, 2.45) is 11.7 Å². The lowest BCUT2D eigenvalue weighted by Gasteiger charge is -2.24. The van der Waals surface area contributed by atoms with Gasteiger partial charge < -0.3 is 5.73 Å². The minimum atomic E-state index is 0.629. The molecule has 1 fully saturated rings. The Balaban J connectivity index is 2.20. The largest absolute Gasteiger partial charge is 0.326 e. The van der Waals surface area contributed by atoms with E-state index in [1.54, 1.807) is 0 Å². The lowest BCUT2D eigenvalue weighted by atomic mass is 9.81. The first-order chi connectivity index (χ1) is 7.22. The summed E-state index contributed by atoms with van der Waals surface area (Å²) in [5, 5.41) is 7.63. The summed E-state index contributed by atoms with van der Waals surface area (Å²) in [5.41, 5.74) is 9.62. The van der Waals surface area contributed by atoms with Crippen LogP contribution in [0.2, 0.25) is 0 Å². The van der Waals surface area contributed by atoms with Gasteiger partial charge in [-0.2, -0.15) is 5.10 Å². The van der Waals surface area contributed by atoms with Crippen molar-refractivity contribution in [2.45, 2.75) is 52.0 Å². The molecule has 0 aromatic carbocycles. The van der Waals surface area contributed by atoms with E-state index in [4.69, 9.17) is 5.73 Å². The third-order valence-corrected chi connectivity index (χ3v) is 3.29. The maximum absolute atomic E-state index is 5.83. The summed E-state index contributed by atoms with van der Waals surface area (Å²) in [6, 6.07) is 0. The zero-order chi connectivity index (χ0) is 10.8. The molecular weight excluding hydrogens is 186 g/mol. The molecule has 1 saturated carbocycles. The van der Waals surface area contributed by atoms with Gasteiger partial charge in [-0.25, -0.2) is 0 Å². The minimum absolute atomic E-state index is 0.629. The fourth-order valence-corrected chi connectivity index (χ4v) is 2.24. The first kappa shape index (κ1) is 10.7. The predicted octanol–water partition coefficient (Wildman–Crippen LogP) is 2.33. The molecule has 15 heavy (non-hydrogen) atoms. The SMILES string of the molecule is CC(C)Cc1[nH]nc(C2CCC2)c1CN. The van der Waals surface area contributed by atoms with Crippen LogP contribution < -0.4 is 5.73 Å². The minimum Gasteiger partial charge on any atom is -0.326 e. The van der Waals surface area contributed by atoms with Crippen molar-refractivity contribution < 1.29 is 0 Å². The van der Waals surface area contributed by atoms with Crippen molar-refractivity contribution in [3.05, 3.63) is 17.0 Å². The summed E-state index contributed by atoms with van der Waals surface area (Å²) in [4.78, 5) is 0. The van der Waals surface area contributed by atoms with Gasteiger partial charge in [0.25, 0.3) is 0 Å². The van der Waals surface area contributed by atoms with Crippen LogP contribution in [0.1, 0.15) is 56.0 Å². The average Bonchev–Trinajstić information content (AvgIpc) is 2.44. The summed E-state index contributed by atoms with van der Waals surface area (Å²) in [7, 11) is 0. The first-order valence-electron chi connectivity index (χ1n) is 5.98. The van der Waals surface area contributed by atoms with Gasteiger partial charge in [0.05, 0.1) is 5.69 Å². The molecule has 0 bridgehead atoms. The predicted molar refractivity (Wildman–Crippen MR) is 61.6 cm³/mol. The molecule has 3 heteroatoms. The number of hydrogen-bond acceptors (Lipinski definition) is 2. The summed E-state index contributed by atoms with van der Waals surface area (Å²) in [6.07, 6.45) is 4.99. The third kappa shape index (κ3) is 2.07. The maximum atomic E-state index is 5.83. The Morgan fingerprint density at radius 1 is 1.47 bits per heavy atom. The van der Waals surface area contributed by atoms with Crippen molar-refractivity contribution in [1.29, 1.82) is 0 Å². The maximum Gasteiger partial charge on any atom is 0.0700 e. The zero-order valence-electron chi connectivity index (χ0n) is 9.71. The highest BCUT2D eigenvalue weighted by Crippen LogP contribution is 2.37. The topological polar surface area (TPSA) is 54.7 Å². The van der Waals surface area contributed by atoms with E-state index in [-0.39, 0.29) is 0 Å². The van der Waals surface area contributed by atoms with Crippen LogP contribution in [0, 0.1) is 5.92 Å². The molecule has 1 aliphatic rings. The normalized spacial score (nSPS) is 17.1. The molecular formula is C12H21N3. The van der Waals surface area contributed by atoms with Gasteiger partial charge in [0, 0.05) is 23.7 Å². The molecule has 1 heterocycles. The summed E-state index contributed by atoms with van der Waals surface area (Å²) >= 11 is 0. The molecule has 0 radical (unpaired) electrons. The second kappa shape index (κ2) is 4.35. The van der Waals surface area contributed by atoms with E-state index in [2.05, 4.69) is 24.0 Å². The monoisotopic (exact) mass is 207 g/mol. The van der Waals surface area contributed by atoms with Crippen LogP contribution in [-0.2, 0) is 13.0 Å². The van der Waals surface area contributed by atoms with Crippen LogP contribution >= 0.6 is 0 Å². The Morgan fingerprint density at radius 2 is 2.20 bits per heavy atom. The summed E-state index contributed by atoms with van der Waals surface area (Å²) in [5.74, 6) is 1.34. The number of aromatic nitrogens is 2. The molecule has 1 aliphatic carbocycles.